The summed E-state index contributed by atoms with van der Waals surface area (Å²) >= 11 is 0. The minimum atomic E-state index is 0.364. The molecule has 1 saturated heterocycles. The molecule has 1 aliphatic heterocycles. The minimum absolute atomic E-state index is 0.364. The first-order valence-corrected chi connectivity index (χ1v) is 6.84. The van der Waals surface area contributed by atoms with Crippen molar-refractivity contribution in [3.63, 3.8) is 0 Å². The third-order valence-corrected chi connectivity index (χ3v) is 4.96. The van der Waals surface area contributed by atoms with Gasteiger partial charge in [0.2, 0.25) is 0 Å². The summed E-state index contributed by atoms with van der Waals surface area (Å²) in [6.07, 6.45) is 4.00. The van der Waals surface area contributed by atoms with Crippen molar-refractivity contribution >= 4 is 0 Å². The van der Waals surface area contributed by atoms with E-state index in [0.29, 0.717) is 11.0 Å². The van der Waals surface area contributed by atoms with E-state index >= 15 is 0 Å². The highest BCUT2D eigenvalue weighted by molar-refractivity contribution is 5.06. The lowest BCUT2D eigenvalue weighted by Gasteiger charge is -2.54. The Balaban J connectivity index is 1.98. The number of nitrogens with two attached hydrogens (primary N) is 1. The molecule has 1 saturated carbocycles. The smallest absolute Gasteiger partial charge is 0.0337 e. The Labute approximate surface area is 101 Å². The largest absolute Gasteiger partial charge is 0.329 e. The monoisotopic (exact) mass is 224 g/mol. The van der Waals surface area contributed by atoms with Crippen LogP contribution >= 0.6 is 0 Å². The molecule has 0 amide bonds. The maximum Gasteiger partial charge on any atom is 0.0337 e. The zero-order chi connectivity index (χ0) is 12.0. The topological polar surface area (TPSA) is 29.3 Å². The molecule has 0 atom stereocenters. The van der Waals surface area contributed by atoms with E-state index in [1.807, 2.05) is 0 Å². The van der Waals surface area contributed by atoms with Crippen LogP contribution in [0.15, 0.2) is 0 Å². The van der Waals surface area contributed by atoms with Gasteiger partial charge in [0, 0.05) is 18.6 Å². The van der Waals surface area contributed by atoms with Crippen LogP contribution < -0.4 is 5.73 Å². The number of rotatable bonds is 3. The zero-order valence-electron chi connectivity index (χ0n) is 11.4. The summed E-state index contributed by atoms with van der Waals surface area (Å²) in [7, 11) is 0. The van der Waals surface area contributed by atoms with E-state index in [4.69, 9.17) is 5.73 Å². The van der Waals surface area contributed by atoms with Crippen molar-refractivity contribution in [3.05, 3.63) is 0 Å². The van der Waals surface area contributed by atoms with Crippen molar-refractivity contribution in [2.24, 2.45) is 23.0 Å². The van der Waals surface area contributed by atoms with E-state index in [1.54, 1.807) is 0 Å². The summed E-state index contributed by atoms with van der Waals surface area (Å²) < 4.78 is 0. The van der Waals surface area contributed by atoms with E-state index in [2.05, 4.69) is 32.6 Å². The molecule has 0 aromatic rings. The third kappa shape index (κ3) is 2.02. The van der Waals surface area contributed by atoms with E-state index in [1.165, 1.54) is 32.4 Å². The molecule has 1 aliphatic carbocycles. The van der Waals surface area contributed by atoms with Crippen molar-refractivity contribution in [3.8, 4) is 0 Å². The molecule has 2 heteroatoms. The molecular formula is C14H28N2. The fraction of sp³-hybridized carbons (Fsp3) is 1.00. The molecule has 2 fully saturated rings. The number of likely N-dealkylation sites (tertiary alicyclic amines) is 1. The first-order valence-electron chi connectivity index (χ1n) is 6.84. The molecule has 0 aromatic heterocycles. The third-order valence-electron chi connectivity index (χ3n) is 4.96. The van der Waals surface area contributed by atoms with E-state index in [0.717, 1.165) is 18.4 Å². The van der Waals surface area contributed by atoms with Gasteiger partial charge in [0.15, 0.2) is 0 Å². The Morgan fingerprint density at radius 3 is 2.31 bits per heavy atom. The fourth-order valence-electron chi connectivity index (χ4n) is 3.46. The van der Waals surface area contributed by atoms with E-state index in [-0.39, 0.29) is 0 Å². The summed E-state index contributed by atoms with van der Waals surface area (Å²) in [5.41, 5.74) is 6.93. The van der Waals surface area contributed by atoms with Crippen LogP contribution in [-0.2, 0) is 0 Å². The molecule has 16 heavy (non-hydrogen) atoms. The van der Waals surface area contributed by atoms with Crippen LogP contribution in [0.4, 0.5) is 0 Å². The second-order valence-corrected chi connectivity index (χ2v) is 7.18. The SMILES string of the molecule is CC(C)C1CC(CN)(N2CCC(C)(C)C2)C1. The highest BCUT2D eigenvalue weighted by Crippen LogP contribution is 2.48. The highest BCUT2D eigenvalue weighted by Gasteiger charge is 2.50. The van der Waals surface area contributed by atoms with Crippen molar-refractivity contribution in [2.75, 3.05) is 19.6 Å². The van der Waals surface area contributed by atoms with Gasteiger partial charge in [-0.25, -0.2) is 0 Å². The predicted molar refractivity (Wildman–Crippen MR) is 69.3 cm³/mol. The lowest BCUT2D eigenvalue weighted by molar-refractivity contribution is -0.0260. The number of nitrogens with zero attached hydrogens (tertiary/aromatic N) is 1. The molecule has 2 aliphatic rings. The van der Waals surface area contributed by atoms with Gasteiger partial charge in [-0.1, -0.05) is 27.7 Å². The Morgan fingerprint density at radius 2 is 1.94 bits per heavy atom. The molecule has 0 aromatic carbocycles. The van der Waals surface area contributed by atoms with E-state index < -0.39 is 0 Å². The lowest BCUT2D eigenvalue weighted by atomic mass is 9.63. The van der Waals surface area contributed by atoms with Gasteiger partial charge in [0.1, 0.15) is 0 Å². The number of hydrogen-bond acceptors (Lipinski definition) is 2. The quantitative estimate of drug-likeness (QED) is 0.798. The maximum absolute atomic E-state index is 6.06. The van der Waals surface area contributed by atoms with Crippen molar-refractivity contribution < 1.29 is 0 Å². The van der Waals surface area contributed by atoms with Gasteiger partial charge in [0.25, 0.3) is 0 Å². The van der Waals surface area contributed by atoms with Gasteiger partial charge in [-0.15, -0.1) is 0 Å². The average molecular weight is 224 g/mol. The van der Waals surface area contributed by atoms with Gasteiger partial charge in [-0.05, 0) is 43.1 Å². The lowest BCUT2D eigenvalue weighted by Crippen LogP contribution is -2.62. The van der Waals surface area contributed by atoms with Crippen LogP contribution in [0.2, 0.25) is 0 Å². The minimum Gasteiger partial charge on any atom is -0.329 e. The van der Waals surface area contributed by atoms with Crippen LogP contribution in [0.25, 0.3) is 0 Å². The standard InChI is InChI=1S/C14H28N2/c1-11(2)12-7-14(8-12,9-15)16-6-5-13(3,4)10-16/h11-12H,5-10,15H2,1-4H3. The van der Waals surface area contributed by atoms with Gasteiger partial charge in [-0.3, -0.25) is 4.90 Å². The van der Waals surface area contributed by atoms with E-state index in [9.17, 15) is 0 Å². The van der Waals surface area contributed by atoms with Crippen LogP contribution in [0.5, 0.6) is 0 Å². The maximum atomic E-state index is 6.06. The Morgan fingerprint density at radius 1 is 1.31 bits per heavy atom. The van der Waals surface area contributed by atoms with Crippen molar-refractivity contribution in [2.45, 2.75) is 52.5 Å². The van der Waals surface area contributed by atoms with Crippen molar-refractivity contribution in [1.82, 2.24) is 4.90 Å². The van der Waals surface area contributed by atoms with Crippen LogP contribution in [-0.4, -0.2) is 30.1 Å². The van der Waals surface area contributed by atoms with Crippen LogP contribution in [0.3, 0.4) is 0 Å². The Kier molecular flexibility index (Phi) is 3.09. The molecule has 2 rings (SSSR count). The molecule has 2 nitrogen and oxygen atoms in total. The summed E-state index contributed by atoms with van der Waals surface area (Å²) in [6, 6.07) is 0. The first-order chi connectivity index (χ1) is 7.38. The highest BCUT2D eigenvalue weighted by atomic mass is 15.2. The van der Waals surface area contributed by atoms with Gasteiger partial charge >= 0.3 is 0 Å². The van der Waals surface area contributed by atoms with Gasteiger partial charge in [-0.2, -0.15) is 0 Å². The van der Waals surface area contributed by atoms with Crippen LogP contribution in [0.1, 0.15) is 47.0 Å². The fourth-order valence-corrected chi connectivity index (χ4v) is 3.46. The van der Waals surface area contributed by atoms with Crippen molar-refractivity contribution in [1.29, 1.82) is 0 Å². The Hall–Kier alpha value is -0.0800. The second-order valence-electron chi connectivity index (χ2n) is 7.18. The molecular weight excluding hydrogens is 196 g/mol. The number of hydrogen-bond donors (Lipinski definition) is 1. The van der Waals surface area contributed by atoms with Gasteiger partial charge in [0.05, 0.1) is 0 Å². The molecule has 0 unspecified atom stereocenters. The molecule has 1 heterocycles. The second kappa shape index (κ2) is 3.99. The molecule has 0 radical (unpaired) electrons. The predicted octanol–water partition coefficient (Wildman–Crippen LogP) is 2.48. The van der Waals surface area contributed by atoms with Crippen LogP contribution in [0, 0.1) is 17.3 Å². The first kappa shape index (κ1) is 12.4. The summed E-state index contributed by atoms with van der Waals surface area (Å²) in [4.78, 5) is 2.69. The summed E-state index contributed by atoms with van der Waals surface area (Å²) in [5.74, 6) is 1.74. The van der Waals surface area contributed by atoms with Gasteiger partial charge < -0.3 is 5.73 Å². The average Bonchev–Trinajstić information content (AvgIpc) is 2.45. The molecule has 0 spiro atoms. The molecule has 94 valence electrons. The summed E-state index contributed by atoms with van der Waals surface area (Å²) in [6.45, 7) is 12.8. The molecule has 0 bridgehead atoms. The molecule has 2 N–H and O–H groups in total. The summed E-state index contributed by atoms with van der Waals surface area (Å²) in [5, 5.41) is 0. The Bertz CT molecular complexity index is 251. The normalized spacial score (nSPS) is 39.0. The zero-order valence-corrected chi connectivity index (χ0v) is 11.4.